The molecule has 2 aromatic rings. The van der Waals surface area contributed by atoms with Gasteiger partial charge in [0.1, 0.15) is 6.61 Å². The second-order valence-corrected chi connectivity index (χ2v) is 4.52. The van der Waals surface area contributed by atoms with Gasteiger partial charge in [0.15, 0.2) is 11.5 Å². The Morgan fingerprint density at radius 1 is 0.955 bits per heavy atom. The number of hydrogen-bond acceptors (Lipinski definition) is 4. The summed E-state index contributed by atoms with van der Waals surface area (Å²) in [5.41, 5.74) is 1.63. The summed E-state index contributed by atoms with van der Waals surface area (Å²) in [4.78, 5) is 11.5. The van der Waals surface area contributed by atoms with Crippen molar-refractivity contribution in [2.24, 2.45) is 0 Å². The van der Waals surface area contributed by atoms with Crippen LogP contribution in [-0.4, -0.2) is 22.8 Å². The third-order valence-corrected chi connectivity index (χ3v) is 2.84. The van der Waals surface area contributed by atoms with Gasteiger partial charge in [0.2, 0.25) is 0 Å². The summed E-state index contributed by atoms with van der Waals surface area (Å²) in [5, 5.41) is 18.5. The minimum absolute atomic E-state index is 0.179. The average Bonchev–Trinajstić information content (AvgIpc) is 2.54. The monoisotopic (exact) mass is 296 g/mol. The topological polar surface area (TPSA) is 66.8 Å². The van der Waals surface area contributed by atoms with Crippen molar-refractivity contribution >= 4 is 18.1 Å². The van der Waals surface area contributed by atoms with Crippen molar-refractivity contribution < 1.29 is 19.7 Å². The molecule has 0 aromatic heterocycles. The molecule has 0 fully saturated rings. The molecule has 2 aromatic carbocycles. The summed E-state index contributed by atoms with van der Waals surface area (Å²) in [7, 11) is 0. The minimum atomic E-state index is -0.481. The molecular formula is C18H16O4. The molecule has 4 nitrogen and oxygen atoms in total. The van der Waals surface area contributed by atoms with Crippen molar-refractivity contribution in [2.45, 2.75) is 0 Å². The number of benzene rings is 2. The van der Waals surface area contributed by atoms with Gasteiger partial charge in [-0.2, -0.15) is 0 Å². The van der Waals surface area contributed by atoms with Gasteiger partial charge >= 0.3 is 5.97 Å². The standard InChI is InChI=1S/C18H16O4/c19-16-10-8-15(13-17(16)20)9-11-18(21)22-12-4-7-14-5-2-1-3-6-14/h1-11,13,19-20H,12H2/b7-4+,11-9?. The Kier molecular flexibility index (Phi) is 5.37. The maximum absolute atomic E-state index is 11.5. The van der Waals surface area contributed by atoms with Crippen LogP contribution in [0, 0.1) is 0 Å². The van der Waals surface area contributed by atoms with Gasteiger partial charge in [0, 0.05) is 6.08 Å². The van der Waals surface area contributed by atoms with Crippen molar-refractivity contribution in [1.29, 1.82) is 0 Å². The van der Waals surface area contributed by atoms with Crippen LogP contribution >= 0.6 is 0 Å². The fourth-order valence-electron chi connectivity index (χ4n) is 1.74. The van der Waals surface area contributed by atoms with E-state index in [1.54, 1.807) is 12.1 Å². The zero-order valence-electron chi connectivity index (χ0n) is 11.8. The van der Waals surface area contributed by atoms with Crippen LogP contribution in [-0.2, 0) is 9.53 Å². The first-order valence-electron chi connectivity index (χ1n) is 6.73. The number of phenolic OH excluding ortho intramolecular Hbond substituents is 2. The molecule has 0 bridgehead atoms. The fraction of sp³-hybridized carbons (Fsp3) is 0.0556. The van der Waals surface area contributed by atoms with E-state index in [-0.39, 0.29) is 18.1 Å². The quantitative estimate of drug-likeness (QED) is 0.504. The summed E-state index contributed by atoms with van der Waals surface area (Å²) in [6.07, 6.45) is 6.40. The van der Waals surface area contributed by atoms with Gasteiger partial charge < -0.3 is 14.9 Å². The molecule has 22 heavy (non-hydrogen) atoms. The number of phenols is 2. The maximum Gasteiger partial charge on any atom is 0.331 e. The van der Waals surface area contributed by atoms with Crippen LogP contribution in [0.25, 0.3) is 12.2 Å². The highest BCUT2D eigenvalue weighted by Crippen LogP contribution is 2.25. The molecule has 112 valence electrons. The van der Waals surface area contributed by atoms with Crippen molar-refractivity contribution in [3.05, 3.63) is 71.8 Å². The zero-order valence-corrected chi connectivity index (χ0v) is 11.8. The maximum atomic E-state index is 11.5. The molecule has 0 radical (unpaired) electrons. The van der Waals surface area contributed by atoms with Crippen molar-refractivity contribution in [3.63, 3.8) is 0 Å². The lowest BCUT2D eigenvalue weighted by molar-refractivity contribution is -0.136. The first kappa shape index (κ1) is 15.4. The molecule has 0 aliphatic heterocycles. The second kappa shape index (κ2) is 7.69. The third-order valence-electron chi connectivity index (χ3n) is 2.84. The molecular weight excluding hydrogens is 280 g/mol. The smallest absolute Gasteiger partial charge is 0.331 e. The highest BCUT2D eigenvalue weighted by molar-refractivity contribution is 5.87. The van der Waals surface area contributed by atoms with E-state index < -0.39 is 5.97 Å². The van der Waals surface area contributed by atoms with Gasteiger partial charge in [0.05, 0.1) is 0 Å². The Bertz CT molecular complexity index is 687. The Balaban J connectivity index is 1.81. The van der Waals surface area contributed by atoms with E-state index in [1.165, 1.54) is 24.3 Å². The van der Waals surface area contributed by atoms with Crippen LogP contribution in [0.2, 0.25) is 0 Å². The molecule has 2 N–H and O–H groups in total. The number of hydrogen-bond donors (Lipinski definition) is 2. The average molecular weight is 296 g/mol. The fourth-order valence-corrected chi connectivity index (χ4v) is 1.74. The molecule has 0 aliphatic carbocycles. The number of rotatable bonds is 5. The second-order valence-electron chi connectivity index (χ2n) is 4.52. The number of ether oxygens (including phenoxy) is 1. The van der Waals surface area contributed by atoms with E-state index >= 15 is 0 Å². The summed E-state index contributed by atoms with van der Waals surface area (Å²) in [5.74, 6) is -0.919. The molecule has 0 amide bonds. The predicted molar refractivity (Wildman–Crippen MR) is 85.2 cm³/mol. The van der Waals surface area contributed by atoms with Crippen molar-refractivity contribution in [1.82, 2.24) is 0 Å². The lowest BCUT2D eigenvalue weighted by atomic mass is 10.2. The molecule has 0 saturated carbocycles. The highest BCUT2D eigenvalue weighted by Gasteiger charge is 1.99. The summed E-state index contributed by atoms with van der Waals surface area (Å²) < 4.78 is 5.02. The van der Waals surface area contributed by atoms with Crippen LogP contribution in [0.4, 0.5) is 0 Å². The van der Waals surface area contributed by atoms with Crippen LogP contribution in [0.15, 0.2) is 60.7 Å². The normalized spacial score (nSPS) is 11.1. The van der Waals surface area contributed by atoms with E-state index in [0.29, 0.717) is 5.56 Å². The van der Waals surface area contributed by atoms with E-state index in [0.717, 1.165) is 5.56 Å². The zero-order chi connectivity index (χ0) is 15.8. The Morgan fingerprint density at radius 2 is 1.73 bits per heavy atom. The number of esters is 1. The summed E-state index contributed by atoms with van der Waals surface area (Å²) in [6.45, 7) is 0.179. The van der Waals surface area contributed by atoms with Crippen LogP contribution in [0.1, 0.15) is 11.1 Å². The van der Waals surface area contributed by atoms with Gasteiger partial charge in [-0.1, -0.05) is 42.5 Å². The van der Waals surface area contributed by atoms with Crippen LogP contribution in [0.5, 0.6) is 11.5 Å². The van der Waals surface area contributed by atoms with Crippen LogP contribution < -0.4 is 0 Å². The van der Waals surface area contributed by atoms with E-state index in [1.807, 2.05) is 36.4 Å². The van der Waals surface area contributed by atoms with Gasteiger partial charge in [0.25, 0.3) is 0 Å². The first-order chi connectivity index (χ1) is 10.6. The molecule has 0 heterocycles. The lowest BCUT2D eigenvalue weighted by Crippen LogP contribution is -1.99. The van der Waals surface area contributed by atoms with Crippen LogP contribution in [0.3, 0.4) is 0 Å². The molecule has 0 saturated heterocycles. The Labute approximate surface area is 128 Å². The highest BCUT2D eigenvalue weighted by atomic mass is 16.5. The third kappa shape index (κ3) is 4.83. The number of carbonyl (C=O) groups is 1. The number of aromatic hydroxyl groups is 2. The molecule has 0 spiro atoms. The molecule has 4 heteroatoms. The molecule has 0 unspecified atom stereocenters. The number of carbonyl (C=O) groups excluding carboxylic acids is 1. The Hall–Kier alpha value is -3.01. The first-order valence-corrected chi connectivity index (χ1v) is 6.73. The largest absolute Gasteiger partial charge is 0.504 e. The minimum Gasteiger partial charge on any atom is -0.504 e. The Morgan fingerprint density at radius 3 is 2.45 bits per heavy atom. The molecule has 2 rings (SSSR count). The van der Waals surface area contributed by atoms with Gasteiger partial charge in [-0.3, -0.25) is 0 Å². The van der Waals surface area contributed by atoms with Gasteiger partial charge in [-0.15, -0.1) is 0 Å². The van der Waals surface area contributed by atoms with Gasteiger partial charge in [-0.05, 0) is 35.4 Å². The SMILES string of the molecule is O=C(C=Cc1ccc(O)c(O)c1)OC/C=C/c1ccccc1. The van der Waals surface area contributed by atoms with E-state index in [9.17, 15) is 15.0 Å². The summed E-state index contributed by atoms with van der Waals surface area (Å²) >= 11 is 0. The molecule has 0 aliphatic rings. The van der Waals surface area contributed by atoms with Gasteiger partial charge in [-0.25, -0.2) is 4.79 Å². The van der Waals surface area contributed by atoms with Crippen molar-refractivity contribution in [3.8, 4) is 11.5 Å². The van der Waals surface area contributed by atoms with E-state index in [4.69, 9.17) is 4.74 Å². The summed E-state index contributed by atoms with van der Waals surface area (Å²) in [6, 6.07) is 14.0. The van der Waals surface area contributed by atoms with Crippen molar-refractivity contribution in [2.75, 3.05) is 6.61 Å². The molecule has 0 atom stereocenters. The predicted octanol–water partition coefficient (Wildman–Crippen LogP) is 3.37. The van der Waals surface area contributed by atoms with E-state index in [2.05, 4.69) is 0 Å². The lowest BCUT2D eigenvalue weighted by Gasteiger charge is -1.99.